The van der Waals surface area contributed by atoms with E-state index in [4.69, 9.17) is 5.73 Å². The summed E-state index contributed by atoms with van der Waals surface area (Å²) in [5.74, 6) is 0.976. The van der Waals surface area contributed by atoms with Crippen molar-refractivity contribution in [1.29, 1.82) is 0 Å². The highest BCUT2D eigenvalue weighted by Gasteiger charge is 2.21. The van der Waals surface area contributed by atoms with Crippen molar-refractivity contribution in [3.8, 4) is 0 Å². The van der Waals surface area contributed by atoms with Gasteiger partial charge in [0.2, 0.25) is 0 Å². The van der Waals surface area contributed by atoms with E-state index in [1.165, 1.54) is 19.4 Å². The average molecular weight is 114 g/mol. The highest BCUT2D eigenvalue weighted by Crippen LogP contribution is 2.28. The Morgan fingerprint density at radius 2 is 2.25 bits per heavy atom. The molecule has 0 aromatic carbocycles. The molecule has 0 aromatic rings. The summed E-state index contributed by atoms with van der Waals surface area (Å²) in [5, 5.41) is 0. The molecular formula is C6H14N2. The predicted octanol–water partition coefficient (Wildman–Crippen LogP) is 0.244. The van der Waals surface area contributed by atoms with Crippen molar-refractivity contribution in [2.24, 2.45) is 11.7 Å². The standard InChI is InChI=1S/C6H14N2/c1-8(5-7)4-6-2-3-6/h6H,2-5,7H2,1H3. The summed E-state index contributed by atoms with van der Waals surface area (Å²) < 4.78 is 0. The molecule has 0 amide bonds. The van der Waals surface area contributed by atoms with Gasteiger partial charge in [-0.25, -0.2) is 0 Å². The summed E-state index contributed by atoms with van der Waals surface area (Å²) in [6, 6.07) is 0. The average Bonchev–Trinajstić information content (AvgIpc) is 2.50. The molecule has 2 nitrogen and oxygen atoms in total. The van der Waals surface area contributed by atoms with Gasteiger partial charge in [-0.15, -0.1) is 0 Å². The topological polar surface area (TPSA) is 29.3 Å². The molecule has 0 atom stereocenters. The zero-order valence-electron chi connectivity index (χ0n) is 5.43. The van der Waals surface area contributed by atoms with Crippen LogP contribution in [-0.4, -0.2) is 25.2 Å². The molecule has 0 saturated heterocycles. The van der Waals surface area contributed by atoms with Gasteiger partial charge in [-0.2, -0.15) is 0 Å². The fourth-order valence-corrected chi connectivity index (χ4v) is 0.816. The first kappa shape index (κ1) is 6.05. The van der Waals surface area contributed by atoms with Crippen molar-refractivity contribution < 1.29 is 0 Å². The van der Waals surface area contributed by atoms with Crippen LogP contribution in [0.5, 0.6) is 0 Å². The second kappa shape index (κ2) is 2.46. The van der Waals surface area contributed by atoms with E-state index in [1.54, 1.807) is 0 Å². The van der Waals surface area contributed by atoms with Crippen LogP contribution < -0.4 is 5.73 Å². The summed E-state index contributed by atoms with van der Waals surface area (Å²) >= 11 is 0. The van der Waals surface area contributed by atoms with E-state index in [-0.39, 0.29) is 0 Å². The first-order chi connectivity index (χ1) is 3.83. The molecule has 8 heavy (non-hydrogen) atoms. The van der Waals surface area contributed by atoms with Crippen molar-refractivity contribution in [3.63, 3.8) is 0 Å². The van der Waals surface area contributed by atoms with Crippen molar-refractivity contribution in [1.82, 2.24) is 4.90 Å². The highest BCUT2D eigenvalue weighted by atomic mass is 15.1. The predicted molar refractivity (Wildman–Crippen MR) is 34.4 cm³/mol. The van der Waals surface area contributed by atoms with Crippen molar-refractivity contribution in [2.45, 2.75) is 12.8 Å². The van der Waals surface area contributed by atoms with Crippen LogP contribution in [0.15, 0.2) is 0 Å². The van der Waals surface area contributed by atoms with Crippen LogP contribution >= 0.6 is 0 Å². The van der Waals surface area contributed by atoms with Crippen LogP contribution in [0.3, 0.4) is 0 Å². The number of nitrogens with zero attached hydrogens (tertiary/aromatic N) is 1. The zero-order chi connectivity index (χ0) is 5.98. The Morgan fingerprint density at radius 1 is 1.62 bits per heavy atom. The molecule has 1 saturated carbocycles. The molecule has 0 heterocycles. The van der Waals surface area contributed by atoms with Crippen molar-refractivity contribution in [3.05, 3.63) is 0 Å². The van der Waals surface area contributed by atoms with Gasteiger partial charge in [-0.1, -0.05) is 0 Å². The van der Waals surface area contributed by atoms with Gasteiger partial charge in [0, 0.05) is 13.2 Å². The first-order valence-corrected chi connectivity index (χ1v) is 3.21. The van der Waals surface area contributed by atoms with E-state index in [1.807, 2.05) is 0 Å². The molecule has 1 aliphatic carbocycles. The summed E-state index contributed by atoms with van der Waals surface area (Å²) in [6.45, 7) is 1.91. The Kier molecular flexibility index (Phi) is 1.86. The molecule has 0 bridgehead atoms. The van der Waals surface area contributed by atoms with E-state index in [0.29, 0.717) is 6.67 Å². The molecule has 2 heteroatoms. The maximum atomic E-state index is 5.37. The third kappa shape index (κ3) is 1.80. The number of hydrogen-bond acceptors (Lipinski definition) is 2. The summed E-state index contributed by atoms with van der Waals surface area (Å²) in [6.07, 6.45) is 2.84. The number of nitrogens with two attached hydrogens (primary N) is 1. The molecular weight excluding hydrogens is 100 g/mol. The molecule has 0 unspecified atom stereocenters. The third-order valence-corrected chi connectivity index (χ3v) is 1.58. The lowest BCUT2D eigenvalue weighted by Gasteiger charge is -2.11. The smallest absolute Gasteiger partial charge is 0.0452 e. The van der Waals surface area contributed by atoms with Crippen molar-refractivity contribution >= 4 is 0 Å². The molecule has 48 valence electrons. The van der Waals surface area contributed by atoms with Gasteiger partial charge in [0.1, 0.15) is 0 Å². The monoisotopic (exact) mass is 114 g/mol. The molecule has 2 N–H and O–H groups in total. The SMILES string of the molecule is CN(CN)CC1CC1. The van der Waals surface area contributed by atoms with E-state index in [2.05, 4.69) is 11.9 Å². The number of hydrogen-bond donors (Lipinski definition) is 1. The fourth-order valence-electron chi connectivity index (χ4n) is 0.816. The lowest BCUT2D eigenvalue weighted by molar-refractivity contribution is 0.330. The lowest BCUT2D eigenvalue weighted by atomic mass is 10.4. The summed E-state index contributed by atoms with van der Waals surface area (Å²) in [5.41, 5.74) is 5.37. The minimum atomic E-state index is 0.705. The quantitative estimate of drug-likeness (QED) is 0.533. The fraction of sp³-hybridized carbons (Fsp3) is 1.00. The van der Waals surface area contributed by atoms with Crippen LogP contribution in [0.4, 0.5) is 0 Å². The van der Waals surface area contributed by atoms with Gasteiger partial charge in [0.25, 0.3) is 0 Å². The second-order valence-electron chi connectivity index (χ2n) is 2.66. The Labute approximate surface area is 50.7 Å². The lowest BCUT2D eigenvalue weighted by Crippen LogP contribution is -2.27. The van der Waals surface area contributed by atoms with Gasteiger partial charge in [-0.3, -0.25) is 4.90 Å². The zero-order valence-corrected chi connectivity index (χ0v) is 5.43. The van der Waals surface area contributed by atoms with Crippen molar-refractivity contribution in [2.75, 3.05) is 20.3 Å². The molecule has 1 aliphatic rings. The molecule has 1 rings (SSSR count). The Hall–Kier alpha value is -0.0800. The Balaban J connectivity index is 1.98. The highest BCUT2D eigenvalue weighted by molar-refractivity contribution is 4.75. The second-order valence-corrected chi connectivity index (χ2v) is 2.66. The summed E-state index contributed by atoms with van der Waals surface area (Å²) in [4.78, 5) is 2.16. The van der Waals surface area contributed by atoms with E-state index >= 15 is 0 Å². The van der Waals surface area contributed by atoms with Gasteiger partial charge < -0.3 is 5.73 Å². The third-order valence-electron chi connectivity index (χ3n) is 1.58. The first-order valence-electron chi connectivity index (χ1n) is 3.21. The van der Waals surface area contributed by atoms with Crippen LogP contribution in [0, 0.1) is 5.92 Å². The minimum absolute atomic E-state index is 0.705. The van der Waals surface area contributed by atoms with Gasteiger partial charge in [0.05, 0.1) is 0 Å². The van der Waals surface area contributed by atoms with Crippen LogP contribution in [0.25, 0.3) is 0 Å². The molecule has 0 radical (unpaired) electrons. The molecule has 0 aromatic heterocycles. The Bertz CT molecular complexity index is 68.9. The minimum Gasteiger partial charge on any atom is -0.318 e. The molecule has 0 aliphatic heterocycles. The number of rotatable bonds is 3. The van der Waals surface area contributed by atoms with Crippen LogP contribution in [0.2, 0.25) is 0 Å². The van der Waals surface area contributed by atoms with Gasteiger partial charge in [0.15, 0.2) is 0 Å². The van der Waals surface area contributed by atoms with Crippen LogP contribution in [-0.2, 0) is 0 Å². The van der Waals surface area contributed by atoms with Gasteiger partial charge >= 0.3 is 0 Å². The van der Waals surface area contributed by atoms with E-state index in [9.17, 15) is 0 Å². The van der Waals surface area contributed by atoms with E-state index in [0.717, 1.165) is 5.92 Å². The summed E-state index contributed by atoms with van der Waals surface area (Å²) in [7, 11) is 2.07. The largest absolute Gasteiger partial charge is 0.318 e. The Morgan fingerprint density at radius 3 is 2.62 bits per heavy atom. The maximum Gasteiger partial charge on any atom is 0.0452 e. The van der Waals surface area contributed by atoms with Gasteiger partial charge in [-0.05, 0) is 25.8 Å². The normalized spacial score (nSPS) is 19.9. The molecule has 0 spiro atoms. The molecule has 1 fully saturated rings. The van der Waals surface area contributed by atoms with E-state index < -0.39 is 0 Å². The maximum absolute atomic E-state index is 5.37. The van der Waals surface area contributed by atoms with Crippen LogP contribution in [0.1, 0.15) is 12.8 Å².